The molecule has 0 saturated carbocycles. The van der Waals surface area contributed by atoms with Gasteiger partial charge in [-0.15, -0.1) is 0 Å². The fourth-order valence-corrected chi connectivity index (χ4v) is 5.70. The number of unbranched alkanes of at least 4 members (excludes halogenated alkanes) is 9. The van der Waals surface area contributed by atoms with Gasteiger partial charge in [0.15, 0.2) is 0 Å². The van der Waals surface area contributed by atoms with Gasteiger partial charge in [-0.05, 0) is 92.4 Å². The Morgan fingerprint density at radius 1 is 0.459 bits per heavy atom. The topological polar surface area (TPSA) is 124 Å². The third kappa shape index (κ3) is 14.9. The second-order valence-corrected chi connectivity index (χ2v) is 14.0. The lowest BCUT2D eigenvalue weighted by atomic mass is 10.1. The number of esters is 4. The van der Waals surface area contributed by atoms with Crippen molar-refractivity contribution in [2.45, 2.75) is 97.3 Å². The van der Waals surface area contributed by atoms with Crippen LogP contribution < -0.4 is 23.7 Å². The van der Waals surface area contributed by atoms with Crippen LogP contribution >= 0.6 is 0 Å². The van der Waals surface area contributed by atoms with Crippen molar-refractivity contribution in [3.05, 3.63) is 113 Å². The highest BCUT2D eigenvalue weighted by Crippen LogP contribution is 2.30. The molecule has 0 atom stereocenters. The molecule has 15 heteroatoms. The number of halogens is 5. The maximum absolute atomic E-state index is 13.8. The van der Waals surface area contributed by atoms with Gasteiger partial charge in [-0.25, -0.2) is 27.6 Å². The average molecular weight is 857 g/mol. The largest absolute Gasteiger partial charge is 0.494 e. The minimum atomic E-state index is -2.34. The summed E-state index contributed by atoms with van der Waals surface area (Å²) in [6, 6.07) is 16.9. The van der Waals surface area contributed by atoms with Crippen molar-refractivity contribution in [2.24, 2.45) is 0 Å². The van der Waals surface area contributed by atoms with Crippen LogP contribution in [0.25, 0.3) is 0 Å². The van der Waals surface area contributed by atoms with Crippen molar-refractivity contribution in [3.63, 3.8) is 0 Å². The molecule has 0 aromatic heterocycles. The Morgan fingerprint density at radius 2 is 0.918 bits per heavy atom. The zero-order valence-electron chi connectivity index (χ0n) is 34.1. The molecule has 0 unspecified atom stereocenters. The smallest absolute Gasteiger partial charge is 0.343 e. The number of hydrogen-bond acceptors (Lipinski definition) is 10. The van der Waals surface area contributed by atoms with E-state index in [1.165, 1.54) is 18.2 Å². The maximum atomic E-state index is 13.8. The van der Waals surface area contributed by atoms with E-state index in [0.717, 1.165) is 44.9 Å². The molecule has 4 aromatic rings. The molecule has 0 spiro atoms. The van der Waals surface area contributed by atoms with Gasteiger partial charge >= 0.3 is 23.9 Å². The Bertz CT molecular complexity index is 2040. The highest BCUT2D eigenvalue weighted by molar-refractivity contribution is 5.97. The molecular weight excluding hydrogens is 807 g/mol. The van der Waals surface area contributed by atoms with Crippen LogP contribution in [0.1, 0.15) is 128 Å². The summed E-state index contributed by atoms with van der Waals surface area (Å²) in [6.07, 6.45) is 8.64. The number of benzene rings is 4. The minimum absolute atomic E-state index is 0.0203. The highest BCUT2D eigenvalue weighted by Gasteiger charge is 2.28. The SMILES string of the molecule is CCCCOc1ccc(C(=O)Oc2ccc(OC(=O)c3ccc(OCCCC)cc3)c(C(=O)OCCCCCCCCCCC(=O)Oc3c(F)c(F)c(F)c(F)c3F)c2)cc1. The lowest BCUT2D eigenvalue weighted by Gasteiger charge is -2.13. The van der Waals surface area contributed by atoms with E-state index in [4.69, 9.17) is 23.7 Å². The molecule has 0 heterocycles. The summed E-state index contributed by atoms with van der Waals surface area (Å²) in [7, 11) is 0. The van der Waals surface area contributed by atoms with E-state index in [9.17, 15) is 41.1 Å². The first-order valence-electron chi connectivity index (χ1n) is 20.4. The van der Waals surface area contributed by atoms with Crippen LogP contribution in [0.4, 0.5) is 22.0 Å². The molecule has 0 radical (unpaired) electrons. The monoisotopic (exact) mass is 856 g/mol. The first kappa shape index (κ1) is 47.7. The van der Waals surface area contributed by atoms with Crippen molar-refractivity contribution in [1.29, 1.82) is 0 Å². The first-order valence-corrected chi connectivity index (χ1v) is 20.4. The normalized spacial score (nSPS) is 10.9. The fourth-order valence-electron chi connectivity index (χ4n) is 5.70. The first-order chi connectivity index (χ1) is 29.4. The number of rotatable bonds is 25. The summed E-state index contributed by atoms with van der Waals surface area (Å²) < 4.78 is 99.8. The number of ether oxygens (including phenoxy) is 6. The van der Waals surface area contributed by atoms with Crippen LogP contribution in [-0.4, -0.2) is 43.7 Å². The molecular formula is C46H49F5O10. The van der Waals surface area contributed by atoms with E-state index >= 15 is 0 Å². The second-order valence-electron chi connectivity index (χ2n) is 14.0. The van der Waals surface area contributed by atoms with Gasteiger partial charge in [0, 0.05) is 6.42 Å². The van der Waals surface area contributed by atoms with Crippen LogP contribution in [-0.2, 0) is 9.53 Å². The van der Waals surface area contributed by atoms with Crippen LogP contribution in [0, 0.1) is 29.1 Å². The Kier molecular flexibility index (Phi) is 19.5. The summed E-state index contributed by atoms with van der Waals surface area (Å²) in [5, 5.41) is 0. The van der Waals surface area contributed by atoms with Crippen LogP contribution in [0.3, 0.4) is 0 Å². The van der Waals surface area contributed by atoms with Gasteiger partial charge in [-0.3, -0.25) is 4.79 Å². The van der Waals surface area contributed by atoms with Gasteiger partial charge in [0.1, 0.15) is 28.6 Å². The molecule has 0 amide bonds. The van der Waals surface area contributed by atoms with Crippen molar-refractivity contribution < 1.29 is 69.6 Å². The van der Waals surface area contributed by atoms with Crippen molar-refractivity contribution >= 4 is 23.9 Å². The fraction of sp³-hybridized carbons (Fsp3) is 0.391. The van der Waals surface area contributed by atoms with Crippen LogP contribution in [0.15, 0.2) is 66.7 Å². The van der Waals surface area contributed by atoms with Gasteiger partial charge < -0.3 is 28.4 Å². The van der Waals surface area contributed by atoms with Crippen molar-refractivity contribution in [2.75, 3.05) is 19.8 Å². The summed E-state index contributed by atoms with van der Waals surface area (Å²) in [4.78, 5) is 51.4. The molecule has 0 aliphatic carbocycles. The highest BCUT2D eigenvalue weighted by atomic mass is 19.2. The van der Waals surface area contributed by atoms with E-state index in [2.05, 4.69) is 11.7 Å². The lowest BCUT2D eigenvalue weighted by molar-refractivity contribution is -0.135. The van der Waals surface area contributed by atoms with Crippen molar-refractivity contribution in [3.8, 4) is 28.7 Å². The molecule has 10 nitrogen and oxygen atoms in total. The second kappa shape index (κ2) is 24.9. The molecule has 0 bridgehead atoms. The van der Waals surface area contributed by atoms with Gasteiger partial charge in [0.05, 0.1) is 30.9 Å². The lowest BCUT2D eigenvalue weighted by Crippen LogP contribution is -2.14. The minimum Gasteiger partial charge on any atom is -0.494 e. The molecule has 61 heavy (non-hydrogen) atoms. The zero-order valence-corrected chi connectivity index (χ0v) is 34.1. The molecule has 4 aromatic carbocycles. The van der Waals surface area contributed by atoms with E-state index in [1.807, 2.05) is 6.92 Å². The summed E-state index contributed by atoms with van der Waals surface area (Å²) >= 11 is 0. The number of hydrogen-bond donors (Lipinski definition) is 0. The summed E-state index contributed by atoms with van der Waals surface area (Å²) in [5.41, 5.74) is 0.336. The van der Waals surface area contributed by atoms with E-state index in [0.29, 0.717) is 50.4 Å². The number of carbonyl (C=O) groups is 4. The zero-order chi connectivity index (χ0) is 44.1. The molecule has 4 rings (SSSR count). The average Bonchev–Trinajstić information content (AvgIpc) is 3.26. The van der Waals surface area contributed by atoms with E-state index in [1.54, 1.807) is 48.5 Å². The molecule has 0 saturated heterocycles. The Morgan fingerprint density at radius 3 is 1.44 bits per heavy atom. The third-order valence-electron chi connectivity index (χ3n) is 9.19. The molecule has 328 valence electrons. The quantitative estimate of drug-likeness (QED) is 0.0159. The predicted octanol–water partition coefficient (Wildman–Crippen LogP) is 11.5. The number of carbonyl (C=O) groups excluding carboxylic acids is 4. The van der Waals surface area contributed by atoms with Gasteiger partial charge in [0.2, 0.25) is 34.8 Å². The van der Waals surface area contributed by atoms with Gasteiger partial charge in [-0.1, -0.05) is 65.2 Å². The van der Waals surface area contributed by atoms with Gasteiger partial charge in [0.25, 0.3) is 0 Å². The van der Waals surface area contributed by atoms with Crippen molar-refractivity contribution in [1.82, 2.24) is 0 Å². The molecule has 0 fully saturated rings. The van der Waals surface area contributed by atoms with E-state index in [-0.39, 0.29) is 47.6 Å². The third-order valence-corrected chi connectivity index (χ3v) is 9.19. The van der Waals surface area contributed by atoms with Gasteiger partial charge in [-0.2, -0.15) is 8.78 Å². The molecule has 0 N–H and O–H groups in total. The predicted molar refractivity (Wildman–Crippen MR) is 214 cm³/mol. The Balaban J connectivity index is 1.25. The van der Waals surface area contributed by atoms with E-state index < -0.39 is 58.7 Å². The Labute approximate surface area is 351 Å². The molecule has 0 aliphatic rings. The summed E-state index contributed by atoms with van der Waals surface area (Å²) in [5.74, 6) is -15.0. The summed E-state index contributed by atoms with van der Waals surface area (Å²) in [6.45, 7) is 5.25. The Hall–Kier alpha value is -5.99. The van der Waals surface area contributed by atoms with Crippen LogP contribution in [0.5, 0.6) is 28.7 Å². The molecule has 0 aliphatic heterocycles. The van der Waals surface area contributed by atoms with Crippen LogP contribution in [0.2, 0.25) is 0 Å². The standard InChI is InChI=1S/C46H49F5O10/c1-3-5-26-56-32-20-16-30(17-21-32)44(53)59-34-24-25-36(60-45(54)31-18-22-33(23-19-31)57-27-6-4-2)35(29-34)46(55)58-28-14-12-10-8-7-9-11-13-15-37(52)61-43-41(50)39(48)38(47)40(49)42(43)51/h16-25,29H,3-15,26-28H2,1-2H3. The maximum Gasteiger partial charge on any atom is 0.343 e.